The lowest BCUT2D eigenvalue weighted by Gasteiger charge is -2.27. The summed E-state index contributed by atoms with van der Waals surface area (Å²) >= 11 is 7.82. The lowest BCUT2D eigenvalue weighted by Crippen LogP contribution is -2.34. The van der Waals surface area contributed by atoms with Crippen molar-refractivity contribution in [3.8, 4) is 0 Å². The highest BCUT2D eigenvalue weighted by atomic mass is 32.2. The minimum Gasteiger partial charge on any atom is -0.481 e. The highest BCUT2D eigenvalue weighted by Crippen LogP contribution is 2.52. The number of aliphatic carboxylic acids is 1. The second-order valence-electron chi connectivity index (χ2n) is 13.4. The smallest absolute Gasteiger partial charge is 0.305 e. The third-order valence-corrected chi connectivity index (χ3v) is 13.0. The van der Waals surface area contributed by atoms with Gasteiger partial charge in [0.15, 0.2) is 0 Å². The van der Waals surface area contributed by atoms with Gasteiger partial charge in [-0.05, 0) is 89.6 Å². The fraction of sp³-hybridized carbons (Fsp3) is 0.209. The number of carboxylic acid groups (broad SMARTS) is 1. The van der Waals surface area contributed by atoms with Crippen LogP contribution in [0.1, 0.15) is 66.3 Å². The average Bonchev–Trinajstić information content (AvgIpc) is 3.92. The summed E-state index contributed by atoms with van der Waals surface area (Å²) in [5.41, 5.74) is 8.89. The number of amides is 1. The van der Waals surface area contributed by atoms with Gasteiger partial charge in [-0.1, -0.05) is 109 Å². The zero-order valence-corrected chi connectivity index (χ0v) is 31.6. The molecule has 3 heterocycles. The topological polar surface area (TPSA) is 82.9 Å². The van der Waals surface area contributed by atoms with Gasteiger partial charge in [-0.2, -0.15) is 0 Å². The molecule has 1 aromatic heterocycles. The van der Waals surface area contributed by atoms with Gasteiger partial charge in [0.25, 0.3) is 11.5 Å². The normalized spacial score (nSPS) is 19.2. The van der Waals surface area contributed by atoms with Crippen LogP contribution in [-0.4, -0.2) is 43.4 Å². The average molecular weight is 756 g/mol. The van der Waals surface area contributed by atoms with E-state index in [2.05, 4.69) is 95.9 Å². The van der Waals surface area contributed by atoms with Gasteiger partial charge in [-0.15, -0.1) is 11.3 Å². The van der Waals surface area contributed by atoms with Crippen molar-refractivity contribution in [1.82, 2.24) is 9.47 Å². The van der Waals surface area contributed by atoms with Crippen LogP contribution in [0.3, 0.4) is 0 Å². The maximum atomic E-state index is 13.8. The SMILES string of the molecule is CCN1C(=O)/C(=c2/s/c(=C/c3ccc4c(c3)C3CCCC3N4c3ccc(C=C(c4ccccc4)c4ccccc4)cc3)c(=O)n2CCC(=O)O)SC1=S. The van der Waals surface area contributed by atoms with Crippen LogP contribution in [0.4, 0.5) is 11.4 Å². The Morgan fingerprint density at radius 1 is 0.906 bits per heavy atom. The van der Waals surface area contributed by atoms with Crippen molar-refractivity contribution in [2.75, 3.05) is 11.4 Å². The number of carboxylic acids is 1. The summed E-state index contributed by atoms with van der Waals surface area (Å²) in [6.07, 6.45) is 7.27. The van der Waals surface area contributed by atoms with Crippen LogP contribution in [0, 0.1) is 0 Å². The van der Waals surface area contributed by atoms with Crippen LogP contribution >= 0.6 is 35.3 Å². The number of fused-ring (bicyclic) bond motifs is 3. The van der Waals surface area contributed by atoms with Crippen LogP contribution in [0.15, 0.2) is 108 Å². The van der Waals surface area contributed by atoms with Crippen LogP contribution in [-0.2, 0) is 16.1 Å². The molecule has 1 aliphatic carbocycles. The van der Waals surface area contributed by atoms with Crippen molar-refractivity contribution in [1.29, 1.82) is 0 Å². The van der Waals surface area contributed by atoms with E-state index in [9.17, 15) is 19.5 Å². The summed E-state index contributed by atoms with van der Waals surface area (Å²) in [6, 6.07) is 36.6. The third kappa shape index (κ3) is 6.71. The van der Waals surface area contributed by atoms with Gasteiger partial charge < -0.3 is 10.0 Å². The summed E-state index contributed by atoms with van der Waals surface area (Å²) in [6.45, 7) is 2.25. The highest BCUT2D eigenvalue weighted by molar-refractivity contribution is 8.30. The fourth-order valence-electron chi connectivity index (χ4n) is 7.82. The molecule has 3 aliphatic rings. The molecule has 5 aromatic rings. The molecule has 1 N–H and O–H groups in total. The second kappa shape index (κ2) is 14.8. The lowest BCUT2D eigenvalue weighted by atomic mass is 9.95. The number of nitrogens with zero attached hydrogens (tertiary/aromatic N) is 3. The summed E-state index contributed by atoms with van der Waals surface area (Å²) in [4.78, 5) is 42.8. The van der Waals surface area contributed by atoms with Crippen molar-refractivity contribution in [2.45, 2.75) is 51.1 Å². The number of rotatable bonds is 9. The summed E-state index contributed by atoms with van der Waals surface area (Å²) in [5, 5.41) is 9.41. The maximum Gasteiger partial charge on any atom is 0.305 e. The zero-order valence-electron chi connectivity index (χ0n) is 29.1. The Morgan fingerprint density at radius 2 is 1.58 bits per heavy atom. The Labute approximate surface area is 321 Å². The number of anilines is 2. The van der Waals surface area contributed by atoms with E-state index in [1.807, 2.05) is 31.2 Å². The number of thiocarbonyl (C=S) groups is 1. The Balaban J connectivity index is 1.15. The minimum atomic E-state index is -1.01. The highest BCUT2D eigenvalue weighted by Gasteiger charge is 2.42. The van der Waals surface area contributed by atoms with E-state index in [1.54, 1.807) is 0 Å². The molecule has 4 aromatic carbocycles. The molecular weight excluding hydrogens is 719 g/mol. The van der Waals surface area contributed by atoms with E-state index >= 15 is 0 Å². The quantitative estimate of drug-likeness (QED) is 0.123. The molecule has 2 unspecified atom stereocenters. The molecule has 2 fully saturated rings. The van der Waals surface area contributed by atoms with Crippen LogP contribution in [0.2, 0.25) is 0 Å². The van der Waals surface area contributed by atoms with Gasteiger partial charge in [0.2, 0.25) is 0 Å². The maximum absolute atomic E-state index is 13.8. The van der Waals surface area contributed by atoms with E-state index in [-0.39, 0.29) is 24.4 Å². The third-order valence-electron chi connectivity index (χ3n) is 10.3. The molecule has 7 nitrogen and oxygen atoms in total. The van der Waals surface area contributed by atoms with E-state index in [0.717, 1.165) is 36.1 Å². The summed E-state index contributed by atoms with van der Waals surface area (Å²) in [7, 11) is 0. The van der Waals surface area contributed by atoms with Gasteiger partial charge in [-0.3, -0.25) is 23.9 Å². The molecule has 1 saturated carbocycles. The van der Waals surface area contributed by atoms with E-state index in [4.69, 9.17) is 12.2 Å². The zero-order chi connectivity index (χ0) is 36.6. The molecule has 53 heavy (non-hydrogen) atoms. The molecule has 1 amide bonds. The first-order chi connectivity index (χ1) is 25.8. The number of benzene rings is 4. The Morgan fingerprint density at radius 3 is 2.23 bits per heavy atom. The summed E-state index contributed by atoms with van der Waals surface area (Å²) in [5.74, 6) is -0.873. The molecule has 0 radical (unpaired) electrons. The number of carbonyl (C=O) groups is 2. The second-order valence-corrected chi connectivity index (χ2v) is 16.1. The largest absolute Gasteiger partial charge is 0.481 e. The van der Waals surface area contributed by atoms with Gasteiger partial charge in [0, 0.05) is 36.4 Å². The van der Waals surface area contributed by atoms with E-state index in [0.29, 0.717) is 36.9 Å². The molecule has 2 aliphatic heterocycles. The van der Waals surface area contributed by atoms with Crippen molar-refractivity contribution in [2.24, 2.45) is 0 Å². The number of hydrogen-bond acceptors (Lipinski definition) is 7. The van der Waals surface area contributed by atoms with Gasteiger partial charge in [0.05, 0.1) is 11.0 Å². The van der Waals surface area contributed by atoms with Crippen molar-refractivity contribution < 1.29 is 14.7 Å². The van der Waals surface area contributed by atoms with Crippen molar-refractivity contribution >= 4 is 85.5 Å². The number of hydrogen-bond donors (Lipinski definition) is 1. The van der Waals surface area contributed by atoms with Crippen LogP contribution in [0.25, 0.3) is 22.6 Å². The number of thiazole rings is 1. The summed E-state index contributed by atoms with van der Waals surface area (Å²) < 4.78 is 2.78. The van der Waals surface area contributed by atoms with Crippen molar-refractivity contribution in [3.05, 3.63) is 150 Å². The molecule has 1 saturated heterocycles. The van der Waals surface area contributed by atoms with Crippen LogP contribution < -0.4 is 19.7 Å². The number of carbonyl (C=O) groups excluding carboxylic acids is 1. The van der Waals surface area contributed by atoms with Crippen LogP contribution in [0.5, 0.6) is 0 Å². The molecule has 0 spiro atoms. The first-order valence-electron chi connectivity index (χ1n) is 17.9. The minimum absolute atomic E-state index is 0.0264. The molecule has 8 rings (SSSR count). The molecule has 10 heteroatoms. The first kappa shape index (κ1) is 35.0. The van der Waals surface area contributed by atoms with E-state index < -0.39 is 5.97 Å². The monoisotopic (exact) mass is 755 g/mol. The molecule has 2 atom stereocenters. The predicted octanol–water partition coefficient (Wildman–Crippen LogP) is 7.58. The molecular formula is C43H37N3O4S3. The fourth-order valence-corrected chi connectivity index (χ4v) is 10.5. The van der Waals surface area contributed by atoms with Gasteiger partial charge >= 0.3 is 5.97 Å². The van der Waals surface area contributed by atoms with Crippen molar-refractivity contribution in [3.63, 3.8) is 0 Å². The Kier molecular flexibility index (Phi) is 9.76. The Bertz CT molecular complexity index is 2410. The van der Waals surface area contributed by atoms with Gasteiger partial charge in [0.1, 0.15) is 13.9 Å². The van der Waals surface area contributed by atoms with Gasteiger partial charge in [-0.25, -0.2) is 0 Å². The standard InChI is InChI=1S/C43H37N3O4S3/c1-2-44-41(50)39(53-43(44)51)42-45(23-22-38(47)48)40(49)37(52-42)26-28-18-21-36-34(25-28)32-14-9-15-35(32)46(36)31-19-16-27(17-20-31)24-33(29-10-5-3-6-11-29)30-12-7-4-8-13-30/h3-8,10-13,16-21,24-26,32,35H,2,9,14-15,22-23H2,1H3,(H,47,48)/b37-26+,42-39-. The lowest BCUT2D eigenvalue weighted by molar-refractivity contribution is -0.137. The molecule has 0 bridgehead atoms. The molecule has 266 valence electrons. The Hall–Kier alpha value is -5.03. The number of thioether (sulfide) groups is 1. The predicted molar refractivity (Wildman–Crippen MR) is 220 cm³/mol. The number of aromatic nitrogens is 1. The van der Waals surface area contributed by atoms with E-state index in [1.165, 1.54) is 60.5 Å². The first-order valence-corrected chi connectivity index (χ1v) is 19.9.